The third-order valence-corrected chi connectivity index (χ3v) is 4.25. The Morgan fingerprint density at radius 3 is 2.38 bits per heavy atom. The summed E-state index contributed by atoms with van der Waals surface area (Å²) in [5.41, 5.74) is 0.831. The topological polar surface area (TPSA) is 45.5 Å². The lowest BCUT2D eigenvalue weighted by Gasteiger charge is -2.32. The smallest absolute Gasteiger partial charge is 0.273 e. The van der Waals surface area contributed by atoms with Crippen LogP contribution in [0.3, 0.4) is 0 Å². The van der Waals surface area contributed by atoms with Crippen LogP contribution in [0.15, 0.2) is 34.9 Å². The summed E-state index contributed by atoms with van der Waals surface area (Å²) < 4.78 is 2.56. The lowest BCUT2D eigenvalue weighted by atomic mass is 10.2. The molecule has 1 heterocycles. The van der Waals surface area contributed by atoms with Crippen LogP contribution in [-0.4, -0.2) is 32.6 Å². The summed E-state index contributed by atoms with van der Waals surface area (Å²) in [5, 5.41) is 11.5. The van der Waals surface area contributed by atoms with E-state index in [1.807, 2.05) is 52.0 Å². The molecule has 0 spiro atoms. The molecule has 2 aromatic rings. The molecule has 0 radical (unpaired) electrons. The van der Waals surface area contributed by atoms with Gasteiger partial charge in [-0.1, -0.05) is 22.0 Å². The van der Waals surface area contributed by atoms with E-state index < -0.39 is 6.23 Å². The Hall–Kier alpha value is -1.33. The normalized spacial score (nSPS) is 13.1. The molecule has 1 aromatic heterocycles. The number of carbonyl (C=O) groups excluding carboxylic acids is 1. The molecule has 1 unspecified atom stereocenters. The number of halogens is 1. The SMILES string of the molecule is CC(C)N(C(=O)C(O)n1ccc2c(Br)cccc21)C(C)C. The van der Waals surface area contributed by atoms with Crippen LogP contribution >= 0.6 is 15.9 Å². The van der Waals surface area contributed by atoms with Gasteiger partial charge in [-0.05, 0) is 45.9 Å². The Morgan fingerprint density at radius 2 is 1.81 bits per heavy atom. The second-order valence-corrected chi connectivity index (χ2v) is 6.56. The van der Waals surface area contributed by atoms with Crippen molar-refractivity contribution in [2.24, 2.45) is 0 Å². The summed E-state index contributed by atoms with van der Waals surface area (Å²) in [5.74, 6) is -0.280. The first-order valence-electron chi connectivity index (χ1n) is 7.10. The highest BCUT2D eigenvalue weighted by Gasteiger charge is 2.28. The summed E-state index contributed by atoms with van der Waals surface area (Å²) in [6.45, 7) is 7.81. The first-order valence-corrected chi connectivity index (χ1v) is 7.89. The number of aliphatic hydroxyl groups excluding tert-OH is 1. The lowest BCUT2D eigenvalue weighted by Crippen LogP contribution is -2.45. The largest absolute Gasteiger partial charge is 0.365 e. The van der Waals surface area contributed by atoms with Gasteiger partial charge in [0.25, 0.3) is 5.91 Å². The van der Waals surface area contributed by atoms with E-state index in [1.165, 1.54) is 0 Å². The van der Waals surface area contributed by atoms with Crippen LogP contribution in [0.25, 0.3) is 10.9 Å². The fourth-order valence-electron chi connectivity index (χ4n) is 2.72. The van der Waals surface area contributed by atoms with Crippen LogP contribution < -0.4 is 0 Å². The van der Waals surface area contributed by atoms with E-state index in [4.69, 9.17) is 0 Å². The number of aliphatic hydroxyl groups is 1. The molecule has 0 fully saturated rings. The number of rotatable bonds is 4. The van der Waals surface area contributed by atoms with E-state index in [-0.39, 0.29) is 18.0 Å². The number of benzene rings is 1. The van der Waals surface area contributed by atoms with Crippen molar-refractivity contribution in [3.63, 3.8) is 0 Å². The van der Waals surface area contributed by atoms with E-state index in [9.17, 15) is 9.90 Å². The molecule has 4 nitrogen and oxygen atoms in total. The van der Waals surface area contributed by atoms with E-state index in [1.54, 1.807) is 15.7 Å². The Bertz CT molecular complexity index is 641. The fraction of sp³-hybridized carbons (Fsp3) is 0.438. The van der Waals surface area contributed by atoms with Crippen molar-refractivity contribution in [2.75, 3.05) is 0 Å². The Kier molecular flexibility index (Phi) is 4.74. The molecule has 0 saturated carbocycles. The molecule has 5 heteroatoms. The number of fused-ring (bicyclic) bond motifs is 1. The highest BCUT2D eigenvalue weighted by Crippen LogP contribution is 2.27. The predicted octanol–water partition coefficient (Wildman–Crippen LogP) is 3.54. The second-order valence-electron chi connectivity index (χ2n) is 5.70. The Morgan fingerprint density at radius 1 is 1.19 bits per heavy atom. The number of aromatic nitrogens is 1. The van der Waals surface area contributed by atoms with Crippen molar-refractivity contribution < 1.29 is 9.90 Å². The quantitative estimate of drug-likeness (QED) is 0.914. The van der Waals surface area contributed by atoms with Gasteiger partial charge in [-0.15, -0.1) is 0 Å². The number of carbonyl (C=O) groups is 1. The molecule has 1 atom stereocenters. The summed E-state index contributed by atoms with van der Waals surface area (Å²) in [6, 6.07) is 7.70. The Labute approximate surface area is 133 Å². The minimum atomic E-state index is -1.21. The lowest BCUT2D eigenvalue weighted by molar-refractivity contribution is -0.148. The van der Waals surface area contributed by atoms with Gasteiger partial charge >= 0.3 is 0 Å². The monoisotopic (exact) mass is 352 g/mol. The van der Waals surface area contributed by atoms with Crippen LogP contribution in [0, 0.1) is 0 Å². The molecular weight excluding hydrogens is 332 g/mol. The molecular formula is C16H21BrN2O2. The molecule has 0 aliphatic rings. The van der Waals surface area contributed by atoms with E-state index in [0.29, 0.717) is 0 Å². The number of hydrogen-bond acceptors (Lipinski definition) is 2. The van der Waals surface area contributed by atoms with Crippen LogP contribution in [0.2, 0.25) is 0 Å². The predicted molar refractivity (Wildman–Crippen MR) is 88.0 cm³/mol. The minimum absolute atomic E-state index is 0.0423. The summed E-state index contributed by atoms with van der Waals surface area (Å²) >= 11 is 3.48. The minimum Gasteiger partial charge on any atom is -0.365 e. The maximum Gasteiger partial charge on any atom is 0.273 e. The van der Waals surface area contributed by atoms with Gasteiger partial charge in [0.05, 0.1) is 5.52 Å². The van der Waals surface area contributed by atoms with Gasteiger partial charge in [-0.2, -0.15) is 0 Å². The fourth-order valence-corrected chi connectivity index (χ4v) is 3.21. The third kappa shape index (κ3) is 2.99. The molecule has 0 saturated heterocycles. The van der Waals surface area contributed by atoms with E-state index >= 15 is 0 Å². The first-order chi connectivity index (χ1) is 9.84. The van der Waals surface area contributed by atoms with Crippen molar-refractivity contribution >= 4 is 32.7 Å². The molecule has 1 amide bonds. The standard InChI is InChI=1S/C16H21BrN2O2/c1-10(2)19(11(3)4)16(21)15(20)18-9-8-12-13(17)6-5-7-14(12)18/h5-11,15,20H,1-4H3. The maximum absolute atomic E-state index is 12.6. The van der Waals surface area contributed by atoms with Gasteiger partial charge in [-0.25, -0.2) is 0 Å². The van der Waals surface area contributed by atoms with Gasteiger partial charge in [0, 0.05) is 28.1 Å². The molecule has 21 heavy (non-hydrogen) atoms. The highest BCUT2D eigenvalue weighted by atomic mass is 79.9. The van der Waals surface area contributed by atoms with Crippen LogP contribution in [0.5, 0.6) is 0 Å². The maximum atomic E-state index is 12.6. The van der Waals surface area contributed by atoms with E-state index in [0.717, 1.165) is 15.4 Å². The third-order valence-electron chi connectivity index (χ3n) is 3.56. The molecule has 1 N–H and O–H groups in total. The zero-order valence-electron chi connectivity index (χ0n) is 12.7. The first kappa shape index (κ1) is 16.0. The van der Waals surface area contributed by atoms with Crippen LogP contribution in [0.4, 0.5) is 0 Å². The van der Waals surface area contributed by atoms with Crippen molar-refractivity contribution in [1.29, 1.82) is 0 Å². The summed E-state index contributed by atoms with van der Waals surface area (Å²) in [7, 11) is 0. The molecule has 0 aliphatic heterocycles. The average molecular weight is 353 g/mol. The van der Waals surface area contributed by atoms with Gasteiger partial charge in [0.2, 0.25) is 6.23 Å². The average Bonchev–Trinajstić information content (AvgIpc) is 2.82. The molecule has 1 aromatic carbocycles. The van der Waals surface area contributed by atoms with E-state index in [2.05, 4.69) is 15.9 Å². The van der Waals surface area contributed by atoms with Crippen LogP contribution in [-0.2, 0) is 4.79 Å². The second kappa shape index (κ2) is 6.20. The number of amides is 1. The highest BCUT2D eigenvalue weighted by molar-refractivity contribution is 9.10. The van der Waals surface area contributed by atoms with Gasteiger partial charge < -0.3 is 14.6 Å². The van der Waals surface area contributed by atoms with Gasteiger partial charge in [-0.3, -0.25) is 4.79 Å². The van der Waals surface area contributed by atoms with Crippen molar-refractivity contribution in [3.8, 4) is 0 Å². The summed E-state index contributed by atoms with van der Waals surface area (Å²) in [4.78, 5) is 14.3. The molecule has 2 rings (SSSR count). The number of hydrogen-bond donors (Lipinski definition) is 1. The molecule has 0 bridgehead atoms. The van der Waals surface area contributed by atoms with Crippen molar-refractivity contribution in [3.05, 3.63) is 34.9 Å². The molecule has 0 aliphatic carbocycles. The summed E-state index contributed by atoms with van der Waals surface area (Å²) in [6.07, 6.45) is 0.540. The van der Waals surface area contributed by atoms with Crippen molar-refractivity contribution in [1.82, 2.24) is 9.47 Å². The van der Waals surface area contributed by atoms with Crippen LogP contribution in [0.1, 0.15) is 33.9 Å². The zero-order valence-corrected chi connectivity index (χ0v) is 14.3. The molecule has 114 valence electrons. The van der Waals surface area contributed by atoms with Gasteiger partial charge in [0.1, 0.15) is 0 Å². The number of nitrogens with zero attached hydrogens (tertiary/aromatic N) is 2. The van der Waals surface area contributed by atoms with Crippen molar-refractivity contribution in [2.45, 2.75) is 46.0 Å². The Balaban J connectivity index is 2.40. The zero-order chi connectivity index (χ0) is 15.7. The van der Waals surface area contributed by atoms with Gasteiger partial charge in [0.15, 0.2) is 0 Å².